The fourth-order valence-corrected chi connectivity index (χ4v) is 10.1. The summed E-state index contributed by atoms with van der Waals surface area (Å²) in [4.78, 5) is 2.43. The van der Waals surface area contributed by atoms with Gasteiger partial charge in [0.15, 0.2) is 0 Å². The Kier molecular flexibility index (Phi) is 8.11. The maximum absolute atomic E-state index is 6.60. The van der Waals surface area contributed by atoms with E-state index in [1.807, 2.05) is 0 Å². The Bertz CT molecular complexity index is 3350. The highest BCUT2D eigenvalue weighted by atomic mass is 16.3. The Morgan fingerprint density at radius 1 is 0.344 bits per heavy atom. The molecule has 286 valence electrons. The van der Waals surface area contributed by atoms with Gasteiger partial charge in [0.05, 0.1) is 11.1 Å². The van der Waals surface area contributed by atoms with Gasteiger partial charge in [0.1, 0.15) is 11.2 Å². The number of benzene rings is 10. The van der Waals surface area contributed by atoms with Gasteiger partial charge < -0.3 is 9.32 Å². The van der Waals surface area contributed by atoms with Crippen molar-refractivity contribution in [3.63, 3.8) is 0 Å². The SMILES string of the molecule is c1ccc(-c2ccc(N(c3ccc(C4(c5ccccc5)c5ccccc5-c5ccccc54)cc3)c3ccc4oc5ccccc5c4c3-c3cccc4ccccc34)cc2)cc1. The predicted molar refractivity (Wildman–Crippen MR) is 254 cm³/mol. The normalized spacial score (nSPS) is 12.7. The first-order valence-electron chi connectivity index (χ1n) is 21.0. The number of furan rings is 1. The molecule has 0 unspecified atom stereocenters. The number of rotatable bonds is 7. The van der Waals surface area contributed by atoms with Crippen LogP contribution in [0.5, 0.6) is 0 Å². The Labute approximate surface area is 355 Å². The maximum atomic E-state index is 6.60. The summed E-state index contributed by atoms with van der Waals surface area (Å²) in [6.07, 6.45) is 0. The van der Waals surface area contributed by atoms with E-state index in [-0.39, 0.29) is 0 Å². The quantitative estimate of drug-likeness (QED) is 0.160. The van der Waals surface area contributed by atoms with Crippen LogP contribution in [0.1, 0.15) is 22.3 Å². The van der Waals surface area contributed by atoms with Gasteiger partial charge in [0, 0.05) is 27.7 Å². The first-order valence-corrected chi connectivity index (χ1v) is 21.0. The highest BCUT2D eigenvalue weighted by Crippen LogP contribution is 2.56. The molecule has 0 aliphatic heterocycles. The van der Waals surface area contributed by atoms with Crippen LogP contribution in [0.2, 0.25) is 0 Å². The zero-order valence-electron chi connectivity index (χ0n) is 33.4. The summed E-state index contributed by atoms with van der Waals surface area (Å²) in [5, 5.41) is 4.60. The zero-order valence-corrected chi connectivity index (χ0v) is 33.4. The molecule has 61 heavy (non-hydrogen) atoms. The second-order valence-electron chi connectivity index (χ2n) is 16.0. The molecule has 0 N–H and O–H groups in total. The summed E-state index contributed by atoms with van der Waals surface area (Å²) in [6.45, 7) is 0. The summed E-state index contributed by atoms with van der Waals surface area (Å²) in [5.41, 5.74) is 16.8. The topological polar surface area (TPSA) is 16.4 Å². The van der Waals surface area contributed by atoms with E-state index < -0.39 is 5.41 Å². The number of anilines is 3. The molecule has 1 aliphatic carbocycles. The van der Waals surface area contributed by atoms with Gasteiger partial charge in [0.25, 0.3) is 0 Å². The average molecular weight is 778 g/mol. The summed E-state index contributed by atoms with van der Waals surface area (Å²) < 4.78 is 6.60. The minimum atomic E-state index is -0.488. The molecule has 0 saturated carbocycles. The van der Waals surface area contributed by atoms with E-state index in [1.54, 1.807) is 0 Å². The molecule has 0 radical (unpaired) electrons. The lowest BCUT2D eigenvalue weighted by Crippen LogP contribution is -2.28. The minimum Gasteiger partial charge on any atom is -0.456 e. The van der Waals surface area contributed by atoms with Crippen LogP contribution in [0.3, 0.4) is 0 Å². The van der Waals surface area contributed by atoms with Crippen LogP contribution in [-0.4, -0.2) is 0 Å². The van der Waals surface area contributed by atoms with E-state index >= 15 is 0 Å². The molecule has 12 rings (SSSR count). The monoisotopic (exact) mass is 777 g/mol. The molecular formula is C59H39NO. The molecule has 0 fully saturated rings. The molecule has 0 amide bonds. The van der Waals surface area contributed by atoms with Crippen molar-refractivity contribution in [2.75, 3.05) is 4.90 Å². The van der Waals surface area contributed by atoms with Crippen molar-refractivity contribution in [3.05, 3.63) is 259 Å². The van der Waals surface area contributed by atoms with Crippen LogP contribution in [0.4, 0.5) is 17.1 Å². The van der Waals surface area contributed by atoms with E-state index in [9.17, 15) is 0 Å². The van der Waals surface area contributed by atoms with Gasteiger partial charge in [-0.3, -0.25) is 0 Å². The zero-order chi connectivity index (χ0) is 40.3. The summed E-state index contributed by atoms with van der Waals surface area (Å²) in [6, 6.07) is 86.0. The van der Waals surface area contributed by atoms with Crippen LogP contribution in [-0.2, 0) is 5.41 Å². The van der Waals surface area contributed by atoms with Gasteiger partial charge in [0.2, 0.25) is 0 Å². The molecule has 1 aromatic heterocycles. The van der Waals surface area contributed by atoms with E-state index in [1.165, 1.54) is 55.3 Å². The lowest BCUT2D eigenvalue weighted by atomic mass is 9.68. The van der Waals surface area contributed by atoms with Crippen molar-refractivity contribution in [3.8, 4) is 33.4 Å². The largest absolute Gasteiger partial charge is 0.456 e. The van der Waals surface area contributed by atoms with Crippen LogP contribution < -0.4 is 4.90 Å². The van der Waals surface area contributed by atoms with Crippen molar-refractivity contribution >= 4 is 49.8 Å². The van der Waals surface area contributed by atoms with E-state index in [2.05, 4.69) is 241 Å². The first kappa shape index (κ1) is 35.0. The van der Waals surface area contributed by atoms with Gasteiger partial charge in [-0.25, -0.2) is 0 Å². The lowest BCUT2D eigenvalue weighted by Gasteiger charge is -2.34. The number of hydrogen-bond donors (Lipinski definition) is 0. The number of fused-ring (bicyclic) bond motifs is 7. The highest BCUT2D eigenvalue weighted by Gasteiger charge is 2.45. The van der Waals surface area contributed by atoms with Crippen molar-refractivity contribution in [2.24, 2.45) is 0 Å². The van der Waals surface area contributed by atoms with Crippen molar-refractivity contribution in [1.82, 2.24) is 0 Å². The summed E-state index contributed by atoms with van der Waals surface area (Å²) in [7, 11) is 0. The third-order valence-corrected chi connectivity index (χ3v) is 12.8. The Balaban J connectivity index is 1.12. The Morgan fingerprint density at radius 3 is 1.59 bits per heavy atom. The molecule has 0 bridgehead atoms. The Morgan fingerprint density at radius 2 is 0.869 bits per heavy atom. The van der Waals surface area contributed by atoms with Crippen molar-refractivity contribution in [1.29, 1.82) is 0 Å². The number of para-hydroxylation sites is 1. The van der Waals surface area contributed by atoms with Crippen molar-refractivity contribution < 1.29 is 4.42 Å². The minimum absolute atomic E-state index is 0.488. The smallest absolute Gasteiger partial charge is 0.136 e. The predicted octanol–water partition coefficient (Wildman–Crippen LogP) is 15.9. The molecule has 2 heteroatoms. The molecule has 0 spiro atoms. The standard InChI is InChI=1S/C59H39NO/c1-3-16-40(17-4-1)41-30-34-45(35-31-41)60(54-38-39-56-58(51-25-11-14-29-55(51)61-56)57(54)50-26-15-19-42-18-7-8-22-47(42)50)46-36-32-44(33-37-46)59(43-20-5-2-6-21-43)52-27-12-9-23-48(52)49-24-10-13-28-53(49)59/h1-39H. The molecule has 0 atom stereocenters. The fourth-order valence-electron chi connectivity index (χ4n) is 10.1. The molecule has 1 heterocycles. The average Bonchev–Trinajstić information content (AvgIpc) is 3.87. The van der Waals surface area contributed by atoms with E-state index in [0.29, 0.717) is 0 Å². The van der Waals surface area contributed by atoms with E-state index in [4.69, 9.17) is 4.42 Å². The molecule has 0 saturated heterocycles. The van der Waals surface area contributed by atoms with E-state index in [0.717, 1.165) is 50.1 Å². The van der Waals surface area contributed by atoms with Gasteiger partial charge >= 0.3 is 0 Å². The van der Waals surface area contributed by atoms with Crippen LogP contribution in [0.15, 0.2) is 241 Å². The third kappa shape index (κ3) is 5.43. The van der Waals surface area contributed by atoms with Gasteiger partial charge in [-0.1, -0.05) is 194 Å². The van der Waals surface area contributed by atoms with Gasteiger partial charge in [-0.2, -0.15) is 0 Å². The van der Waals surface area contributed by atoms with Crippen LogP contribution in [0, 0.1) is 0 Å². The second-order valence-corrected chi connectivity index (χ2v) is 16.0. The van der Waals surface area contributed by atoms with Crippen LogP contribution in [0.25, 0.3) is 66.1 Å². The molecular weight excluding hydrogens is 739 g/mol. The van der Waals surface area contributed by atoms with Gasteiger partial charge in [-0.15, -0.1) is 0 Å². The van der Waals surface area contributed by atoms with Crippen LogP contribution >= 0.6 is 0 Å². The second kappa shape index (κ2) is 14.1. The molecule has 11 aromatic rings. The highest BCUT2D eigenvalue weighted by molar-refractivity contribution is 6.19. The molecule has 2 nitrogen and oxygen atoms in total. The third-order valence-electron chi connectivity index (χ3n) is 12.8. The fraction of sp³-hybridized carbons (Fsp3) is 0.0169. The number of hydrogen-bond acceptors (Lipinski definition) is 2. The summed E-state index contributed by atoms with van der Waals surface area (Å²) >= 11 is 0. The molecule has 10 aromatic carbocycles. The first-order chi connectivity index (χ1) is 30.3. The lowest BCUT2D eigenvalue weighted by molar-refractivity contribution is 0.669. The van der Waals surface area contributed by atoms with Gasteiger partial charge in [-0.05, 0) is 103 Å². The molecule has 1 aliphatic rings. The Hall–Kier alpha value is -7.94. The summed E-state index contributed by atoms with van der Waals surface area (Å²) in [5.74, 6) is 0. The number of nitrogens with zero attached hydrogens (tertiary/aromatic N) is 1. The van der Waals surface area contributed by atoms with Crippen molar-refractivity contribution in [2.45, 2.75) is 5.41 Å². The maximum Gasteiger partial charge on any atom is 0.136 e.